The van der Waals surface area contributed by atoms with Gasteiger partial charge in [-0.05, 0) is 36.4 Å². The number of anilines is 1. The number of sulfonamides is 1. The van der Waals surface area contributed by atoms with E-state index >= 15 is 0 Å². The molecular weight excluding hydrogens is 484 g/mol. The number of aliphatic hydroxyl groups is 2. The van der Waals surface area contributed by atoms with Crippen molar-refractivity contribution >= 4 is 33.3 Å². The van der Waals surface area contributed by atoms with Crippen LogP contribution < -0.4 is 9.62 Å². The quantitative estimate of drug-likeness (QED) is 0.482. The third-order valence-electron chi connectivity index (χ3n) is 6.04. The number of carbonyl (C=O) groups excluding carboxylic acids is 1. The van der Waals surface area contributed by atoms with Gasteiger partial charge in [-0.1, -0.05) is 17.7 Å². The average Bonchev–Trinajstić information content (AvgIpc) is 3.11. The molecule has 0 unspecified atom stereocenters. The first-order valence-electron chi connectivity index (χ1n) is 11.0. The molecule has 0 spiro atoms. The molecule has 2 saturated heterocycles. The Hall–Kier alpha value is -2.28. The Kier molecular flexibility index (Phi) is 7.70. The third kappa shape index (κ3) is 5.68. The molecule has 4 rings (SSSR count). The number of nitrogens with one attached hydrogen (secondary N) is 1. The Morgan fingerprint density at radius 3 is 2.38 bits per heavy atom. The summed E-state index contributed by atoms with van der Waals surface area (Å²) in [5, 5.41) is 21.1. The van der Waals surface area contributed by atoms with E-state index in [4.69, 9.17) is 16.3 Å². The lowest BCUT2D eigenvalue weighted by atomic mass is 10.0. The fraction of sp³-hybridized carbons (Fsp3) is 0.455. The summed E-state index contributed by atoms with van der Waals surface area (Å²) in [6.45, 7) is 2.02. The van der Waals surface area contributed by atoms with E-state index in [-0.39, 0.29) is 23.8 Å². The van der Waals surface area contributed by atoms with E-state index in [0.717, 1.165) is 5.82 Å². The number of aromatic nitrogens is 1. The van der Waals surface area contributed by atoms with E-state index in [2.05, 4.69) is 14.6 Å². The normalized spacial score (nSPS) is 25.5. The van der Waals surface area contributed by atoms with E-state index in [1.54, 1.807) is 11.1 Å². The molecule has 0 saturated carbocycles. The van der Waals surface area contributed by atoms with Crippen molar-refractivity contribution in [1.82, 2.24) is 14.6 Å². The first-order chi connectivity index (χ1) is 16.2. The van der Waals surface area contributed by atoms with Crippen LogP contribution in [0.25, 0.3) is 0 Å². The number of pyridine rings is 1. The van der Waals surface area contributed by atoms with Gasteiger partial charge in [0.1, 0.15) is 24.1 Å². The van der Waals surface area contributed by atoms with Crippen molar-refractivity contribution in [2.75, 3.05) is 37.6 Å². The number of hydrogen-bond donors (Lipinski definition) is 3. The summed E-state index contributed by atoms with van der Waals surface area (Å²) >= 11 is 5.79. The average molecular weight is 511 g/mol. The Labute approximate surface area is 203 Å². The van der Waals surface area contributed by atoms with Crippen molar-refractivity contribution in [2.45, 2.75) is 35.7 Å². The number of rotatable bonds is 7. The highest BCUT2D eigenvalue weighted by atomic mass is 35.5. The van der Waals surface area contributed by atoms with E-state index in [1.807, 2.05) is 18.2 Å². The molecule has 2 aromatic rings. The molecule has 184 valence electrons. The van der Waals surface area contributed by atoms with Gasteiger partial charge in [0.25, 0.3) is 0 Å². The zero-order chi connectivity index (χ0) is 24.3. The number of hydrogen-bond acceptors (Lipinski definition) is 8. The molecule has 10 nitrogen and oxygen atoms in total. The Morgan fingerprint density at radius 1 is 1.06 bits per heavy atom. The van der Waals surface area contributed by atoms with Gasteiger partial charge in [0.2, 0.25) is 15.9 Å². The number of halogens is 1. The number of piperazine rings is 1. The fourth-order valence-corrected chi connectivity index (χ4v) is 5.25. The maximum Gasteiger partial charge on any atom is 0.240 e. The van der Waals surface area contributed by atoms with Crippen LogP contribution in [-0.4, -0.2) is 91.6 Å². The van der Waals surface area contributed by atoms with Gasteiger partial charge in [-0.15, -0.1) is 0 Å². The van der Waals surface area contributed by atoms with Gasteiger partial charge in [0.15, 0.2) is 0 Å². The number of nitrogens with zero attached hydrogens (tertiary/aromatic N) is 3. The second kappa shape index (κ2) is 10.5. The van der Waals surface area contributed by atoms with E-state index in [0.29, 0.717) is 31.2 Å². The van der Waals surface area contributed by atoms with Crippen LogP contribution in [0, 0.1) is 0 Å². The number of carbonyl (C=O) groups is 1. The van der Waals surface area contributed by atoms with Gasteiger partial charge in [-0.3, -0.25) is 4.79 Å². The van der Waals surface area contributed by atoms with E-state index in [9.17, 15) is 23.4 Å². The van der Waals surface area contributed by atoms with Crippen LogP contribution in [0.15, 0.2) is 53.6 Å². The molecule has 34 heavy (non-hydrogen) atoms. The summed E-state index contributed by atoms with van der Waals surface area (Å²) in [6, 6.07) is 11.3. The number of aliphatic hydroxyl groups excluding tert-OH is 2. The van der Waals surface area contributed by atoms with Gasteiger partial charge in [0, 0.05) is 43.9 Å². The van der Waals surface area contributed by atoms with Crippen LogP contribution in [0.2, 0.25) is 5.02 Å². The lowest BCUT2D eigenvalue weighted by Gasteiger charge is -2.36. The van der Waals surface area contributed by atoms with Crippen LogP contribution >= 0.6 is 11.6 Å². The maximum atomic E-state index is 12.8. The summed E-state index contributed by atoms with van der Waals surface area (Å²) in [5.74, 6) is 0.662. The Bertz CT molecular complexity index is 1080. The van der Waals surface area contributed by atoms with Gasteiger partial charge >= 0.3 is 0 Å². The first-order valence-corrected chi connectivity index (χ1v) is 12.8. The van der Waals surface area contributed by atoms with Crippen molar-refractivity contribution in [1.29, 1.82) is 0 Å². The second-order valence-electron chi connectivity index (χ2n) is 8.26. The summed E-state index contributed by atoms with van der Waals surface area (Å²) in [6.07, 6.45) is -2.93. The summed E-state index contributed by atoms with van der Waals surface area (Å²) in [4.78, 5) is 20.9. The number of amides is 1. The van der Waals surface area contributed by atoms with Crippen molar-refractivity contribution in [3.8, 4) is 0 Å². The topological polar surface area (TPSA) is 132 Å². The minimum absolute atomic E-state index is 0.0153. The molecule has 1 aromatic carbocycles. The zero-order valence-corrected chi connectivity index (χ0v) is 19.9. The maximum absolute atomic E-state index is 12.8. The molecular formula is C22H27ClN4O6S. The van der Waals surface area contributed by atoms with Gasteiger partial charge in [0.05, 0.1) is 17.4 Å². The molecule has 2 aliphatic rings. The summed E-state index contributed by atoms with van der Waals surface area (Å²) < 4.78 is 33.0. The molecule has 2 fully saturated rings. The molecule has 1 amide bonds. The van der Waals surface area contributed by atoms with Crippen LogP contribution in [-0.2, 0) is 19.6 Å². The van der Waals surface area contributed by atoms with E-state index in [1.165, 1.54) is 24.3 Å². The van der Waals surface area contributed by atoms with Gasteiger partial charge < -0.3 is 24.7 Å². The van der Waals surface area contributed by atoms with Gasteiger partial charge in [-0.2, -0.15) is 0 Å². The summed E-state index contributed by atoms with van der Waals surface area (Å²) in [7, 11) is -3.86. The van der Waals surface area contributed by atoms with Crippen molar-refractivity contribution in [3.05, 3.63) is 53.7 Å². The molecule has 0 bridgehead atoms. The van der Waals surface area contributed by atoms with Crippen molar-refractivity contribution < 1.29 is 28.2 Å². The van der Waals surface area contributed by atoms with Crippen LogP contribution in [0.3, 0.4) is 0 Å². The molecule has 0 aliphatic carbocycles. The molecule has 3 heterocycles. The van der Waals surface area contributed by atoms with Crippen molar-refractivity contribution in [2.24, 2.45) is 0 Å². The minimum atomic E-state index is -3.86. The lowest BCUT2D eigenvalue weighted by molar-refractivity contribution is -0.135. The predicted molar refractivity (Wildman–Crippen MR) is 125 cm³/mol. The molecule has 1 aromatic heterocycles. The highest BCUT2D eigenvalue weighted by Gasteiger charge is 2.44. The van der Waals surface area contributed by atoms with Crippen LogP contribution in [0.5, 0.6) is 0 Å². The highest BCUT2D eigenvalue weighted by molar-refractivity contribution is 7.89. The molecule has 0 radical (unpaired) electrons. The molecule has 3 N–H and O–H groups in total. The fourth-order valence-electron chi connectivity index (χ4n) is 4.08. The largest absolute Gasteiger partial charge is 0.388 e. The SMILES string of the molecule is O=C(C[C@@H]1O[C@H](CNS(=O)(=O)c2ccc(Cl)cc2)[C@@H](O)[C@H]1O)N1CCN(c2ccccn2)CC1. The molecule has 12 heteroatoms. The zero-order valence-electron chi connectivity index (χ0n) is 18.3. The predicted octanol–water partition coefficient (Wildman–Crippen LogP) is 0.241. The number of benzene rings is 1. The molecule has 2 aliphatic heterocycles. The standard InChI is InChI=1S/C22H27ClN4O6S/c23-15-4-6-16(7-5-15)34(31,32)25-14-18-22(30)21(29)17(33-18)13-20(28)27-11-9-26(10-12-27)19-3-1-2-8-24-19/h1-8,17-18,21-22,25,29-30H,9-14H2/t17-,18+,21-,22+/m0/s1. The van der Waals surface area contributed by atoms with Gasteiger partial charge in [-0.25, -0.2) is 18.1 Å². The summed E-state index contributed by atoms with van der Waals surface area (Å²) in [5.41, 5.74) is 0. The lowest BCUT2D eigenvalue weighted by Crippen LogP contribution is -2.50. The monoisotopic (exact) mass is 510 g/mol. The van der Waals surface area contributed by atoms with Crippen LogP contribution in [0.4, 0.5) is 5.82 Å². The third-order valence-corrected chi connectivity index (χ3v) is 7.73. The second-order valence-corrected chi connectivity index (χ2v) is 10.5. The Morgan fingerprint density at radius 2 is 1.74 bits per heavy atom. The minimum Gasteiger partial charge on any atom is -0.388 e. The van der Waals surface area contributed by atoms with Crippen molar-refractivity contribution in [3.63, 3.8) is 0 Å². The smallest absolute Gasteiger partial charge is 0.240 e. The first kappa shape index (κ1) is 24.8. The van der Waals surface area contributed by atoms with E-state index < -0.39 is 34.4 Å². The van der Waals surface area contributed by atoms with Crippen LogP contribution in [0.1, 0.15) is 6.42 Å². The molecule has 4 atom stereocenters. The number of ether oxygens (including phenoxy) is 1. The Balaban J connectivity index is 1.28. The highest BCUT2D eigenvalue weighted by Crippen LogP contribution is 2.25.